The minimum absolute atomic E-state index is 0.0156. The van der Waals surface area contributed by atoms with Crippen molar-refractivity contribution < 1.29 is 21.6 Å². The Morgan fingerprint density at radius 2 is 1.65 bits per heavy atom. The van der Waals surface area contributed by atoms with Crippen molar-refractivity contribution in [3.05, 3.63) is 29.8 Å². The molecule has 0 saturated heterocycles. The Morgan fingerprint density at radius 1 is 1.12 bits per heavy atom. The molecule has 96 valence electrons. The molecule has 0 saturated carbocycles. The largest absolute Gasteiger partial charge is 0.389 e. The van der Waals surface area contributed by atoms with E-state index in [1.165, 1.54) is 12.1 Å². The molecular weight excluding hydrogens is 253 g/mol. The standard InChI is InChI=1S/C11H13F3O2S/c1-17(15,16)10-6-4-9(5-7-10)3-2-8-11(12,13)14/h4-7H,2-3,8H2,1H3. The van der Waals surface area contributed by atoms with Crippen LogP contribution in [0.15, 0.2) is 29.2 Å². The molecular formula is C11H13F3O2S. The number of hydrogen-bond acceptors (Lipinski definition) is 2. The summed E-state index contributed by atoms with van der Waals surface area (Å²) in [4.78, 5) is 0.178. The highest BCUT2D eigenvalue weighted by atomic mass is 32.2. The number of hydrogen-bond donors (Lipinski definition) is 0. The minimum atomic E-state index is -4.13. The fraction of sp³-hybridized carbons (Fsp3) is 0.455. The lowest BCUT2D eigenvalue weighted by Crippen LogP contribution is -2.07. The maximum atomic E-state index is 11.9. The van der Waals surface area contributed by atoms with Crippen LogP contribution in [0.2, 0.25) is 0 Å². The highest BCUT2D eigenvalue weighted by molar-refractivity contribution is 7.90. The van der Waals surface area contributed by atoms with Gasteiger partial charge in [-0.1, -0.05) is 12.1 Å². The third kappa shape index (κ3) is 5.21. The monoisotopic (exact) mass is 266 g/mol. The first kappa shape index (κ1) is 14.0. The molecule has 0 heterocycles. The molecule has 0 unspecified atom stereocenters. The Balaban J connectivity index is 2.58. The molecule has 1 rings (SSSR count). The van der Waals surface area contributed by atoms with Gasteiger partial charge in [0.1, 0.15) is 0 Å². The fourth-order valence-corrected chi connectivity index (χ4v) is 2.03. The van der Waals surface area contributed by atoms with Gasteiger partial charge in [0.15, 0.2) is 9.84 Å². The summed E-state index contributed by atoms with van der Waals surface area (Å²) >= 11 is 0. The zero-order valence-corrected chi connectivity index (χ0v) is 10.1. The van der Waals surface area contributed by atoms with Crippen molar-refractivity contribution in [3.63, 3.8) is 0 Å². The molecule has 0 aliphatic rings. The summed E-state index contributed by atoms with van der Waals surface area (Å²) in [6.45, 7) is 0. The van der Waals surface area contributed by atoms with Crippen LogP contribution in [0.3, 0.4) is 0 Å². The van der Waals surface area contributed by atoms with Gasteiger partial charge in [-0.3, -0.25) is 0 Å². The van der Waals surface area contributed by atoms with Crippen LogP contribution in [0.25, 0.3) is 0 Å². The number of benzene rings is 1. The van der Waals surface area contributed by atoms with Crippen molar-refractivity contribution in [2.75, 3.05) is 6.26 Å². The van der Waals surface area contributed by atoms with Crippen molar-refractivity contribution in [3.8, 4) is 0 Å². The first-order valence-electron chi connectivity index (χ1n) is 5.04. The molecule has 0 fully saturated rings. The van der Waals surface area contributed by atoms with Crippen LogP contribution in [-0.4, -0.2) is 20.8 Å². The molecule has 0 aromatic heterocycles. The summed E-state index contributed by atoms with van der Waals surface area (Å²) in [7, 11) is -3.24. The molecule has 6 heteroatoms. The van der Waals surface area contributed by atoms with E-state index in [9.17, 15) is 21.6 Å². The van der Waals surface area contributed by atoms with Gasteiger partial charge in [0, 0.05) is 12.7 Å². The summed E-state index contributed by atoms with van der Waals surface area (Å²) in [5, 5.41) is 0. The number of halogens is 3. The van der Waals surface area contributed by atoms with Crippen molar-refractivity contribution in [1.82, 2.24) is 0 Å². The molecule has 0 amide bonds. The molecule has 0 aliphatic heterocycles. The highest BCUT2D eigenvalue weighted by Crippen LogP contribution is 2.22. The van der Waals surface area contributed by atoms with Gasteiger partial charge in [-0.2, -0.15) is 13.2 Å². The summed E-state index contributed by atoms with van der Waals surface area (Å²) in [6, 6.07) is 5.93. The van der Waals surface area contributed by atoms with Crippen molar-refractivity contribution in [1.29, 1.82) is 0 Å². The Hall–Kier alpha value is -1.04. The van der Waals surface area contributed by atoms with Crippen LogP contribution < -0.4 is 0 Å². The highest BCUT2D eigenvalue weighted by Gasteiger charge is 2.25. The zero-order valence-electron chi connectivity index (χ0n) is 9.29. The lowest BCUT2D eigenvalue weighted by Gasteiger charge is -2.06. The lowest BCUT2D eigenvalue weighted by molar-refractivity contribution is -0.135. The smallest absolute Gasteiger partial charge is 0.224 e. The average molecular weight is 266 g/mol. The van der Waals surface area contributed by atoms with E-state index in [4.69, 9.17) is 0 Å². The molecule has 0 bridgehead atoms. The van der Waals surface area contributed by atoms with Gasteiger partial charge >= 0.3 is 6.18 Å². The van der Waals surface area contributed by atoms with E-state index in [2.05, 4.69) is 0 Å². The van der Waals surface area contributed by atoms with Crippen LogP contribution in [0.5, 0.6) is 0 Å². The second kappa shape index (κ2) is 5.08. The molecule has 2 nitrogen and oxygen atoms in total. The second-order valence-corrected chi connectivity index (χ2v) is 5.90. The Kier molecular flexibility index (Phi) is 4.19. The molecule has 1 aromatic carbocycles. The topological polar surface area (TPSA) is 34.1 Å². The second-order valence-electron chi connectivity index (χ2n) is 3.88. The van der Waals surface area contributed by atoms with Gasteiger partial charge in [-0.15, -0.1) is 0 Å². The van der Waals surface area contributed by atoms with Gasteiger partial charge in [-0.05, 0) is 30.5 Å². The molecule has 0 spiro atoms. The van der Waals surface area contributed by atoms with Crippen LogP contribution in [0, 0.1) is 0 Å². The summed E-state index contributed by atoms with van der Waals surface area (Å²) in [5.74, 6) is 0. The Bertz CT molecular complexity index is 460. The average Bonchev–Trinajstić information content (AvgIpc) is 2.15. The third-order valence-electron chi connectivity index (χ3n) is 2.28. The normalized spacial score (nSPS) is 12.7. The van der Waals surface area contributed by atoms with Crippen LogP contribution in [0.1, 0.15) is 18.4 Å². The van der Waals surface area contributed by atoms with E-state index >= 15 is 0 Å². The van der Waals surface area contributed by atoms with Crippen molar-refractivity contribution in [2.24, 2.45) is 0 Å². The maximum Gasteiger partial charge on any atom is 0.389 e. The molecule has 1 aromatic rings. The molecule has 17 heavy (non-hydrogen) atoms. The van der Waals surface area contributed by atoms with Crippen LogP contribution in [0.4, 0.5) is 13.2 Å². The van der Waals surface area contributed by atoms with E-state index < -0.39 is 22.4 Å². The number of alkyl halides is 3. The number of sulfone groups is 1. The molecule has 0 aliphatic carbocycles. The van der Waals surface area contributed by atoms with Crippen molar-refractivity contribution >= 4 is 9.84 Å². The SMILES string of the molecule is CS(=O)(=O)c1ccc(CCCC(F)(F)F)cc1. The van der Waals surface area contributed by atoms with Crippen LogP contribution >= 0.6 is 0 Å². The van der Waals surface area contributed by atoms with E-state index in [-0.39, 0.29) is 11.3 Å². The van der Waals surface area contributed by atoms with Gasteiger partial charge in [-0.25, -0.2) is 8.42 Å². The minimum Gasteiger partial charge on any atom is -0.224 e. The van der Waals surface area contributed by atoms with E-state index in [1.54, 1.807) is 12.1 Å². The summed E-state index contributed by atoms with van der Waals surface area (Å²) in [5.41, 5.74) is 0.710. The molecule has 0 radical (unpaired) electrons. The Labute approximate surface area is 98.4 Å². The lowest BCUT2D eigenvalue weighted by atomic mass is 10.1. The fourth-order valence-electron chi connectivity index (χ4n) is 1.40. The zero-order chi connectivity index (χ0) is 13.1. The van der Waals surface area contributed by atoms with Gasteiger partial charge < -0.3 is 0 Å². The number of rotatable bonds is 4. The van der Waals surface area contributed by atoms with Crippen molar-refractivity contribution in [2.45, 2.75) is 30.3 Å². The van der Waals surface area contributed by atoms with E-state index in [0.717, 1.165) is 6.26 Å². The Morgan fingerprint density at radius 3 is 2.06 bits per heavy atom. The van der Waals surface area contributed by atoms with Gasteiger partial charge in [0.25, 0.3) is 0 Å². The van der Waals surface area contributed by atoms with Gasteiger partial charge in [0.05, 0.1) is 4.90 Å². The van der Waals surface area contributed by atoms with E-state index in [1.807, 2.05) is 0 Å². The van der Waals surface area contributed by atoms with Gasteiger partial charge in [0.2, 0.25) is 0 Å². The predicted octanol–water partition coefficient (Wildman–Crippen LogP) is 2.98. The quantitative estimate of drug-likeness (QED) is 0.839. The molecule has 0 atom stereocenters. The summed E-state index contributed by atoms with van der Waals surface area (Å²) in [6.07, 6.45) is -3.55. The maximum absolute atomic E-state index is 11.9. The third-order valence-corrected chi connectivity index (χ3v) is 3.41. The summed E-state index contributed by atoms with van der Waals surface area (Å²) < 4.78 is 58.0. The van der Waals surface area contributed by atoms with Crippen LogP contribution in [-0.2, 0) is 16.3 Å². The first-order chi connectivity index (χ1) is 7.68. The number of aryl methyl sites for hydroxylation is 1. The predicted molar refractivity (Wildman–Crippen MR) is 58.5 cm³/mol. The van der Waals surface area contributed by atoms with E-state index in [0.29, 0.717) is 12.0 Å². The first-order valence-corrected chi connectivity index (χ1v) is 6.93. The molecule has 0 N–H and O–H groups in total.